The monoisotopic (exact) mass is 367 g/mol. The van der Waals surface area contributed by atoms with E-state index in [0.29, 0.717) is 29.0 Å². The Balaban J connectivity index is 1.68. The van der Waals surface area contributed by atoms with Gasteiger partial charge >= 0.3 is 0 Å². The maximum absolute atomic E-state index is 12.0. The van der Waals surface area contributed by atoms with Gasteiger partial charge < -0.3 is 9.64 Å². The highest BCUT2D eigenvalue weighted by molar-refractivity contribution is 6.33. The Morgan fingerprint density at radius 3 is 2.92 bits per heavy atom. The number of aromatic nitrogens is 2. The quantitative estimate of drug-likeness (QED) is 0.830. The second-order valence-electron chi connectivity index (χ2n) is 5.97. The van der Waals surface area contributed by atoms with Crippen LogP contribution in [0.1, 0.15) is 12.8 Å². The van der Waals surface area contributed by atoms with Gasteiger partial charge in [0.15, 0.2) is 0 Å². The van der Waals surface area contributed by atoms with Crippen LogP contribution in [-0.4, -0.2) is 29.5 Å². The zero-order valence-electron chi connectivity index (χ0n) is 13.4. The van der Waals surface area contributed by atoms with Crippen LogP contribution >= 0.6 is 23.2 Å². The van der Waals surface area contributed by atoms with E-state index in [0.717, 1.165) is 25.9 Å². The van der Waals surface area contributed by atoms with Crippen LogP contribution in [0.25, 0.3) is 0 Å². The minimum Gasteiger partial charge on any atom is -0.492 e. The van der Waals surface area contributed by atoms with Crippen molar-refractivity contribution in [1.29, 1.82) is 0 Å². The van der Waals surface area contributed by atoms with Crippen molar-refractivity contribution >= 4 is 28.9 Å². The van der Waals surface area contributed by atoms with Crippen molar-refractivity contribution in [1.82, 2.24) is 9.78 Å². The zero-order valence-corrected chi connectivity index (χ0v) is 14.9. The Kier molecular flexibility index (Phi) is 5.31. The number of para-hydroxylation sites is 1. The highest BCUT2D eigenvalue weighted by Gasteiger charge is 2.24. The third kappa shape index (κ3) is 3.68. The minimum atomic E-state index is -0.274. The molecule has 128 valence electrons. The molecule has 1 aliphatic heterocycles. The molecule has 24 heavy (non-hydrogen) atoms. The van der Waals surface area contributed by atoms with Gasteiger partial charge in [0.05, 0.1) is 23.5 Å². The number of halogens is 2. The smallest absolute Gasteiger partial charge is 0.287 e. The Labute approximate surface area is 150 Å². The molecule has 1 atom stereocenters. The van der Waals surface area contributed by atoms with E-state index in [-0.39, 0.29) is 10.6 Å². The van der Waals surface area contributed by atoms with Crippen LogP contribution in [0.3, 0.4) is 0 Å². The van der Waals surface area contributed by atoms with Crippen LogP contribution in [0, 0.1) is 5.92 Å². The topological polar surface area (TPSA) is 47.4 Å². The predicted octanol–water partition coefficient (Wildman–Crippen LogP) is 3.38. The molecule has 0 bridgehead atoms. The van der Waals surface area contributed by atoms with Gasteiger partial charge in [0.1, 0.15) is 10.8 Å². The van der Waals surface area contributed by atoms with Gasteiger partial charge in [-0.2, -0.15) is 5.10 Å². The Hall–Kier alpha value is -1.72. The van der Waals surface area contributed by atoms with E-state index in [4.69, 9.17) is 27.9 Å². The van der Waals surface area contributed by atoms with Crippen LogP contribution in [0.2, 0.25) is 10.0 Å². The highest BCUT2D eigenvalue weighted by atomic mass is 35.5. The number of benzene rings is 1. The molecular weight excluding hydrogens is 349 g/mol. The van der Waals surface area contributed by atoms with Crippen LogP contribution in [0.15, 0.2) is 35.3 Å². The number of hydrogen-bond donors (Lipinski definition) is 0. The van der Waals surface area contributed by atoms with Crippen LogP contribution in [0.5, 0.6) is 5.75 Å². The van der Waals surface area contributed by atoms with Gasteiger partial charge in [0, 0.05) is 26.1 Å². The first-order valence-electron chi connectivity index (χ1n) is 7.90. The number of anilines is 1. The lowest BCUT2D eigenvalue weighted by Crippen LogP contribution is -2.39. The fourth-order valence-corrected chi connectivity index (χ4v) is 3.39. The first kappa shape index (κ1) is 17.1. The Morgan fingerprint density at radius 1 is 1.33 bits per heavy atom. The van der Waals surface area contributed by atoms with E-state index in [1.54, 1.807) is 13.2 Å². The summed E-state index contributed by atoms with van der Waals surface area (Å²) in [6.07, 6.45) is 3.74. The third-order valence-electron chi connectivity index (χ3n) is 4.23. The van der Waals surface area contributed by atoms with E-state index >= 15 is 0 Å². The molecule has 3 rings (SSSR count). The summed E-state index contributed by atoms with van der Waals surface area (Å²) in [7, 11) is 1.59. The summed E-state index contributed by atoms with van der Waals surface area (Å²) in [6.45, 7) is 2.21. The summed E-state index contributed by atoms with van der Waals surface area (Å²) >= 11 is 12.3. The predicted molar refractivity (Wildman–Crippen MR) is 96.4 cm³/mol. The lowest BCUT2D eigenvalue weighted by atomic mass is 9.98. The van der Waals surface area contributed by atoms with Crippen molar-refractivity contribution in [3.05, 3.63) is 50.9 Å². The number of piperidine rings is 1. The molecule has 0 aliphatic carbocycles. The van der Waals surface area contributed by atoms with Crippen molar-refractivity contribution in [2.75, 3.05) is 24.6 Å². The summed E-state index contributed by atoms with van der Waals surface area (Å²) in [6, 6.07) is 7.46. The van der Waals surface area contributed by atoms with Gasteiger partial charge in [0.2, 0.25) is 0 Å². The fraction of sp³-hybridized carbons (Fsp3) is 0.412. The molecule has 1 fully saturated rings. The van der Waals surface area contributed by atoms with Crippen molar-refractivity contribution in [2.24, 2.45) is 13.0 Å². The summed E-state index contributed by atoms with van der Waals surface area (Å²) in [4.78, 5) is 14.1. The fourth-order valence-electron chi connectivity index (χ4n) is 2.91. The van der Waals surface area contributed by atoms with Crippen molar-refractivity contribution < 1.29 is 4.74 Å². The normalized spacial score (nSPS) is 17.8. The van der Waals surface area contributed by atoms with Gasteiger partial charge in [-0.1, -0.05) is 35.3 Å². The number of aryl methyl sites for hydroxylation is 1. The molecule has 0 radical (unpaired) electrons. The van der Waals surface area contributed by atoms with Crippen molar-refractivity contribution in [2.45, 2.75) is 12.8 Å². The van der Waals surface area contributed by atoms with Gasteiger partial charge in [-0.3, -0.25) is 4.79 Å². The van der Waals surface area contributed by atoms with E-state index in [9.17, 15) is 4.79 Å². The highest BCUT2D eigenvalue weighted by Crippen LogP contribution is 2.28. The Morgan fingerprint density at radius 2 is 2.12 bits per heavy atom. The molecule has 1 saturated heterocycles. The maximum atomic E-state index is 12.0. The molecule has 0 spiro atoms. The molecule has 2 aromatic rings. The molecule has 2 heterocycles. The van der Waals surface area contributed by atoms with E-state index in [2.05, 4.69) is 10.00 Å². The van der Waals surface area contributed by atoms with Gasteiger partial charge in [-0.25, -0.2) is 4.68 Å². The first-order chi connectivity index (χ1) is 11.6. The largest absolute Gasteiger partial charge is 0.492 e. The van der Waals surface area contributed by atoms with Crippen molar-refractivity contribution in [3.8, 4) is 5.75 Å². The van der Waals surface area contributed by atoms with Gasteiger partial charge in [-0.15, -0.1) is 0 Å². The lowest BCUT2D eigenvalue weighted by molar-refractivity contribution is 0.229. The molecule has 0 saturated carbocycles. The van der Waals surface area contributed by atoms with E-state index in [1.165, 1.54) is 4.68 Å². The molecule has 5 nitrogen and oxygen atoms in total. The van der Waals surface area contributed by atoms with Crippen LogP contribution in [-0.2, 0) is 7.05 Å². The maximum Gasteiger partial charge on any atom is 0.287 e. The van der Waals surface area contributed by atoms with Crippen LogP contribution in [0.4, 0.5) is 5.69 Å². The average Bonchev–Trinajstić information content (AvgIpc) is 2.59. The molecule has 0 amide bonds. The minimum absolute atomic E-state index is 0.222. The third-order valence-corrected chi connectivity index (χ3v) is 4.90. The molecule has 1 aliphatic rings. The molecule has 0 N–H and O–H groups in total. The van der Waals surface area contributed by atoms with E-state index < -0.39 is 0 Å². The second-order valence-corrected chi connectivity index (χ2v) is 6.75. The molecule has 1 aromatic carbocycles. The summed E-state index contributed by atoms with van der Waals surface area (Å²) in [5.41, 5.74) is 0.422. The first-order valence-corrected chi connectivity index (χ1v) is 8.66. The molecule has 1 unspecified atom stereocenters. The van der Waals surface area contributed by atoms with E-state index in [1.807, 2.05) is 24.3 Å². The number of ether oxygens (including phenoxy) is 1. The number of nitrogens with zero attached hydrogens (tertiary/aromatic N) is 3. The summed E-state index contributed by atoms with van der Waals surface area (Å²) in [5, 5.41) is 4.91. The number of rotatable bonds is 4. The Bertz CT molecular complexity index is 779. The average molecular weight is 368 g/mol. The summed E-state index contributed by atoms with van der Waals surface area (Å²) in [5.74, 6) is 1.04. The zero-order chi connectivity index (χ0) is 17.1. The standard InChI is InChI=1S/C17H19Cl2N3O2/c1-21-17(23)16(19)14(9-20-21)22-8-4-5-12(10-22)11-24-15-7-3-2-6-13(15)18/h2-3,6-7,9,12H,4-5,8,10-11H2,1H3. The molecule has 7 heteroatoms. The van der Waals surface area contributed by atoms with Gasteiger partial charge in [0.25, 0.3) is 5.56 Å². The summed E-state index contributed by atoms with van der Waals surface area (Å²) < 4.78 is 7.10. The van der Waals surface area contributed by atoms with Crippen molar-refractivity contribution in [3.63, 3.8) is 0 Å². The lowest BCUT2D eigenvalue weighted by Gasteiger charge is -2.34. The van der Waals surface area contributed by atoms with Gasteiger partial charge in [-0.05, 0) is 25.0 Å². The second kappa shape index (κ2) is 7.45. The number of hydrogen-bond acceptors (Lipinski definition) is 4. The molecular formula is C17H19Cl2N3O2. The van der Waals surface area contributed by atoms with Crippen LogP contribution < -0.4 is 15.2 Å². The molecule has 1 aromatic heterocycles. The SMILES string of the molecule is Cn1ncc(N2CCCC(COc3ccccc3Cl)C2)c(Cl)c1=O.